The van der Waals surface area contributed by atoms with Gasteiger partial charge >= 0.3 is 0 Å². The van der Waals surface area contributed by atoms with Crippen LogP contribution in [0, 0.1) is 11.8 Å². The Balaban J connectivity index is 1.28. The van der Waals surface area contributed by atoms with Crippen LogP contribution >= 0.6 is 0 Å². The minimum atomic E-state index is 0.794. The highest BCUT2D eigenvalue weighted by Gasteiger charge is 2.20. The van der Waals surface area contributed by atoms with E-state index in [0.29, 0.717) is 0 Å². The van der Waals surface area contributed by atoms with Gasteiger partial charge in [0.05, 0.1) is 6.61 Å². The van der Waals surface area contributed by atoms with Gasteiger partial charge in [0, 0.05) is 18.0 Å². The van der Waals surface area contributed by atoms with Gasteiger partial charge in [0.15, 0.2) is 5.82 Å². The second-order valence-electron chi connectivity index (χ2n) is 10.5. The fraction of sp³-hybridized carbons (Fsp3) is 0.677. The standard InChI is InChI=1S/C31H48N2O/c1-3-5-7-8-10-12-26-15-17-27(18-16-26)14-11-23-34-30-21-19-29(20-22-30)31-32-24-28(25-33-31)13-9-6-4-2/h19-22,24-27H,3-18,23H2,1-2H3/t26-,27-. The zero-order chi connectivity index (χ0) is 23.8. The molecule has 2 aromatic rings. The van der Waals surface area contributed by atoms with Gasteiger partial charge in [0.1, 0.15) is 5.75 Å². The summed E-state index contributed by atoms with van der Waals surface area (Å²) in [5.41, 5.74) is 2.28. The Bertz CT molecular complexity index is 763. The summed E-state index contributed by atoms with van der Waals surface area (Å²) in [4.78, 5) is 9.13. The molecule has 0 N–H and O–H groups in total. The minimum absolute atomic E-state index is 0.794. The van der Waals surface area contributed by atoms with Crippen LogP contribution in [0.15, 0.2) is 36.7 Å². The van der Waals surface area contributed by atoms with Gasteiger partial charge in [-0.3, -0.25) is 0 Å². The maximum absolute atomic E-state index is 6.03. The van der Waals surface area contributed by atoms with Crippen LogP contribution in [0.25, 0.3) is 11.4 Å². The molecule has 0 unspecified atom stereocenters. The van der Waals surface area contributed by atoms with Gasteiger partial charge in [-0.25, -0.2) is 9.97 Å². The Kier molecular flexibility index (Phi) is 12.5. The van der Waals surface area contributed by atoms with E-state index < -0.39 is 0 Å². The van der Waals surface area contributed by atoms with E-state index in [-0.39, 0.29) is 0 Å². The molecule has 0 spiro atoms. The Morgan fingerprint density at radius 1 is 0.706 bits per heavy atom. The van der Waals surface area contributed by atoms with Crippen molar-refractivity contribution in [2.45, 2.75) is 117 Å². The van der Waals surface area contributed by atoms with Gasteiger partial charge in [0.2, 0.25) is 0 Å². The van der Waals surface area contributed by atoms with E-state index in [1.165, 1.54) is 95.5 Å². The number of rotatable bonds is 16. The van der Waals surface area contributed by atoms with Crippen LogP contribution in [-0.4, -0.2) is 16.6 Å². The SMILES string of the molecule is CCCCCCC[C@H]1CC[C@H](CCCOc2ccc(-c3ncc(CCCCC)cn3)cc2)CC1. The smallest absolute Gasteiger partial charge is 0.159 e. The predicted molar refractivity (Wildman–Crippen MR) is 144 cm³/mol. The van der Waals surface area contributed by atoms with Crippen LogP contribution in [0.5, 0.6) is 5.75 Å². The first kappa shape index (κ1) is 26.7. The van der Waals surface area contributed by atoms with Crippen LogP contribution in [0.4, 0.5) is 0 Å². The summed E-state index contributed by atoms with van der Waals surface area (Å²) < 4.78 is 6.03. The molecule has 0 atom stereocenters. The first-order valence-corrected chi connectivity index (χ1v) is 14.3. The van der Waals surface area contributed by atoms with Gasteiger partial charge in [-0.2, -0.15) is 0 Å². The van der Waals surface area contributed by atoms with Gasteiger partial charge in [-0.15, -0.1) is 0 Å². The number of ether oxygens (including phenoxy) is 1. The van der Waals surface area contributed by atoms with Crippen LogP contribution in [-0.2, 0) is 6.42 Å². The number of nitrogens with zero attached hydrogens (tertiary/aromatic N) is 2. The minimum Gasteiger partial charge on any atom is -0.494 e. The number of benzene rings is 1. The summed E-state index contributed by atoms with van der Waals surface area (Å²) in [6, 6.07) is 8.26. The summed E-state index contributed by atoms with van der Waals surface area (Å²) in [7, 11) is 0. The topological polar surface area (TPSA) is 35.0 Å². The number of aryl methyl sites for hydroxylation is 1. The largest absolute Gasteiger partial charge is 0.494 e. The van der Waals surface area contributed by atoms with Crippen molar-refractivity contribution in [3.05, 3.63) is 42.2 Å². The van der Waals surface area contributed by atoms with Crippen LogP contribution in [0.1, 0.15) is 116 Å². The molecule has 1 saturated carbocycles. The molecule has 3 heteroatoms. The predicted octanol–water partition coefficient (Wildman–Crippen LogP) is 9.20. The maximum Gasteiger partial charge on any atom is 0.159 e. The fourth-order valence-electron chi connectivity index (χ4n) is 5.32. The highest BCUT2D eigenvalue weighted by atomic mass is 16.5. The van der Waals surface area contributed by atoms with E-state index >= 15 is 0 Å². The number of hydrogen-bond donors (Lipinski definition) is 0. The van der Waals surface area contributed by atoms with Crippen molar-refractivity contribution in [3.8, 4) is 17.1 Å². The molecule has 1 heterocycles. The highest BCUT2D eigenvalue weighted by molar-refractivity contribution is 5.55. The molecule has 0 bridgehead atoms. The van der Waals surface area contributed by atoms with Gasteiger partial charge in [-0.05, 0) is 67.3 Å². The molecule has 3 nitrogen and oxygen atoms in total. The molecule has 1 aliphatic carbocycles. The van der Waals surface area contributed by atoms with E-state index in [2.05, 4.69) is 48.1 Å². The molecule has 1 aromatic heterocycles. The lowest BCUT2D eigenvalue weighted by Crippen LogP contribution is -2.15. The monoisotopic (exact) mass is 464 g/mol. The van der Waals surface area contributed by atoms with Crippen molar-refractivity contribution in [1.82, 2.24) is 9.97 Å². The average molecular weight is 465 g/mol. The number of hydrogen-bond acceptors (Lipinski definition) is 3. The molecule has 34 heavy (non-hydrogen) atoms. The molecule has 3 rings (SSSR count). The lowest BCUT2D eigenvalue weighted by atomic mass is 9.78. The van der Waals surface area contributed by atoms with E-state index in [4.69, 9.17) is 4.74 Å². The van der Waals surface area contributed by atoms with Gasteiger partial charge < -0.3 is 4.74 Å². The van der Waals surface area contributed by atoms with Gasteiger partial charge in [0.25, 0.3) is 0 Å². The van der Waals surface area contributed by atoms with Crippen molar-refractivity contribution >= 4 is 0 Å². The molecular formula is C31H48N2O. The molecule has 0 saturated heterocycles. The molecule has 188 valence electrons. The summed E-state index contributed by atoms with van der Waals surface area (Å²) in [6.07, 6.45) is 25.6. The summed E-state index contributed by atoms with van der Waals surface area (Å²) in [5.74, 6) is 3.67. The molecule has 1 aromatic carbocycles. The molecule has 0 amide bonds. The van der Waals surface area contributed by atoms with Crippen LogP contribution in [0.3, 0.4) is 0 Å². The fourth-order valence-corrected chi connectivity index (χ4v) is 5.32. The molecule has 0 radical (unpaired) electrons. The summed E-state index contributed by atoms with van der Waals surface area (Å²) >= 11 is 0. The van der Waals surface area contributed by atoms with Crippen LogP contribution in [0.2, 0.25) is 0 Å². The zero-order valence-electron chi connectivity index (χ0n) is 21.9. The Labute approximate surface area is 209 Å². The quantitative estimate of drug-likeness (QED) is 0.232. The first-order valence-electron chi connectivity index (χ1n) is 14.3. The van der Waals surface area contributed by atoms with Crippen molar-refractivity contribution in [3.63, 3.8) is 0 Å². The van der Waals surface area contributed by atoms with E-state index in [9.17, 15) is 0 Å². The third-order valence-electron chi connectivity index (χ3n) is 7.59. The number of unbranched alkanes of at least 4 members (excludes halogenated alkanes) is 6. The Hall–Kier alpha value is -1.90. The van der Waals surface area contributed by atoms with Crippen molar-refractivity contribution in [2.75, 3.05) is 6.61 Å². The van der Waals surface area contributed by atoms with E-state index in [1.807, 2.05) is 12.4 Å². The Morgan fingerprint density at radius 2 is 1.29 bits per heavy atom. The third kappa shape index (κ3) is 9.76. The van der Waals surface area contributed by atoms with E-state index in [0.717, 1.165) is 48.4 Å². The molecule has 0 aliphatic heterocycles. The lowest BCUT2D eigenvalue weighted by molar-refractivity contribution is 0.228. The molecule has 1 aliphatic rings. The summed E-state index contributed by atoms with van der Waals surface area (Å²) in [5, 5.41) is 0. The van der Waals surface area contributed by atoms with Crippen molar-refractivity contribution in [1.29, 1.82) is 0 Å². The Morgan fingerprint density at radius 3 is 1.94 bits per heavy atom. The summed E-state index contributed by atoms with van der Waals surface area (Å²) in [6.45, 7) is 5.35. The van der Waals surface area contributed by atoms with Crippen molar-refractivity contribution in [2.24, 2.45) is 11.8 Å². The number of aromatic nitrogens is 2. The normalized spacial score (nSPS) is 18.2. The van der Waals surface area contributed by atoms with Gasteiger partial charge in [-0.1, -0.05) is 90.9 Å². The maximum atomic E-state index is 6.03. The first-order chi connectivity index (χ1) is 16.8. The highest BCUT2D eigenvalue weighted by Crippen LogP contribution is 2.34. The van der Waals surface area contributed by atoms with Crippen LogP contribution < -0.4 is 4.74 Å². The lowest BCUT2D eigenvalue weighted by Gasteiger charge is -2.28. The second kappa shape index (κ2) is 15.9. The third-order valence-corrected chi connectivity index (χ3v) is 7.59. The molecule has 1 fully saturated rings. The zero-order valence-corrected chi connectivity index (χ0v) is 21.9. The molecular weight excluding hydrogens is 416 g/mol. The van der Waals surface area contributed by atoms with Crippen molar-refractivity contribution < 1.29 is 4.74 Å². The average Bonchev–Trinajstić information content (AvgIpc) is 2.88. The van der Waals surface area contributed by atoms with E-state index in [1.54, 1.807) is 0 Å². The second-order valence-corrected chi connectivity index (χ2v) is 10.5.